The lowest BCUT2D eigenvalue weighted by molar-refractivity contribution is -0.122. The normalized spacial score (nSPS) is 11.4. The fourth-order valence-corrected chi connectivity index (χ4v) is 2.13. The predicted molar refractivity (Wildman–Crippen MR) is 95.3 cm³/mol. The number of halogens is 4. The van der Waals surface area contributed by atoms with Gasteiger partial charge in [-0.15, -0.1) is 17.6 Å². The zero-order valence-electron chi connectivity index (χ0n) is 16.0. The maximum absolute atomic E-state index is 13.1. The van der Waals surface area contributed by atoms with Gasteiger partial charge < -0.3 is 14.4 Å². The van der Waals surface area contributed by atoms with Crippen LogP contribution in [0.4, 0.5) is 28.0 Å². The number of likely N-dealkylation sites (N-methyl/N-ethyl adjacent to an activating group) is 1. The summed E-state index contributed by atoms with van der Waals surface area (Å²) in [4.78, 5) is 24.0. The highest BCUT2D eigenvalue weighted by Gasteiger charge is 2.44. The van der Waals surface area contributed by atoms with Crippen molar-refractivity contribution in [1.29, 1.82) is 0 Å². The third-order valence-corrected chi connectivity index (χ3v) is 3.87. The summed E-state index contributed by atoms with van der Waals surface area (Å²) in [5.74, 6) is -1.20. The van der Waals surface area contributed by atoms with Gasteiger partial charge in [-0.3, -0.25) is 0 Å². The van der Waals surface area contributed by atoms with Crippen LogP contribution >= 0.6 is 0 Å². The molecule has 0 saturated heterocycles. The van der Waals surface area contributed by atoms with Crippen molar-refractivity contribution in [3.8, 4) is 5.75 Å². The van der Waals surface area contributed by atoms with Crippen LogP contribution in [-0.4, -0.2) is 56.7 Å². The largest absolute Gasteiger partial charge is 0.493 e. The molecule has 0 saturated carbocycles. The number of alkyl halides is 3. The van der Waals surface area contributed by atoms with E-state index in [-0.39, 0.29) is 18.8 Å². The van der Waals surface area contributed by atoms with Gasteiger partial charge in [0.1, 0.15) is 12.4 Å². The first kappa shape index (κ1) is 23.7. The van der Waals surface area contributed by atoms with Crippen LogP contribution in [-0.2, 0) is 4.74 Å². The predicted octanol–water partition coefficient (Wildman–Crippen LogP) is 4.39. The summed E-state index contributed by atoms with van der Waals surface area (Å²) >= 11 is 0. The van der Waals surface area contributed by atoms with Crippen LogP contribution in [0.15, 0.2) is 18.2 Å². The molecule has 0 radical (unpaired) electrons. The summed E-state index contributed by atoms with van der Waals surface area (Å²) in [6, 6.07) is 2.84. The average Bonchev–Trinajstić information content (AvgIpc) is 2.61. The molecular weight excluding hydrogens is 384 g/mol. The number of hydrogen-bond acceptors (Lipinski definition) is 5. The molecule has 0 aliphatic carbocycles. The van der Waals surface area contributed by atoms with E-state index in [1.54, 1.807) is 0 Å². The van der Waals surface area contributed by atoms with Crippen LogP contribution in [0.1, 0.15) is 37.0 Å². The van der Waals surface area contributed by atoms with Crippen molar-refractivity contribution in [3.63, 3.8) is 0 Å². The third-order valence-electron chi connectivity index (χ3n) is 3.87. The Labute approximate surface area is 161 Å². The number of benzene rings is 1. The summed E-state index contributed by atoms with van der Waals surface area (Å²) in [6.45, 7) is 5.15. The molecule has 6 nitrogen and oxygen atoms in total. The van der Waals surface area contributed by atoms with E-state index >= 15 is 0 Å². The molecule has 0 fully saturated rings. The van der Waals surface area contributed by atoms with Gasteiger partial charge in [0.25, 0.3) is 0 Å². The third kappa shape index (κ3) is 6.99. The minimum absolute atomic E-state index is 0.0372. The topological polar surface area (TPSA) is 59.1 Å². The van der Waals surface area contributed by atoms with Crippen LogP contribution in [0.2, 0.25) is 0 Å². The van der Waals surface area contributed by atoms with Gasteiger partial charge in [0.15, 0.2) is 0 Å². The molecule has 1 rings (SSSR count). The van der Waals surface area contributed by atoms with Crippen molar-refractivity contribution in [3.05, 3.63) is 23.8 Å². The summed E-state index contributed by atoms with van der Waals surface area (Å²) in [5, 5.41) is 0. The van der Waals surface area contributed by atoms with Crippen molar-refractivity contribution >= 4 is 17.8 Å². The highest BCUT2D eigenvalue weighted by atomic mass is 19.4. The van der Waals surface area contributed by atoms with Crippen LogP contribution in [0, 0.1) is 0 Å². The molecule has 0 unspecified atom stereocenters. The fraction of sp³-hybridized carbons (Fsp3) is 0.556. The summed E-state index contributed by atoms with van der Waals surface area (Å²) in [5.41, 5.74) is -0.902. The number of unbranched alkanes of at least 4 members (excludes halogenated alkanes) is 1. The molecule has 0 heterocycles. The van der Waals surface area contributed by atoms with Crippen LogP contribution < -0.4 is 9.64 Å². The SMILES string of the molecule is CCCCOc1cc(C(=O)OCCN(C)CC)ccc1N(C(=O)F)C(F)(F)F. The van der Waals surface area contributed by atoms with E-state index in [4.69, 9.17) is 9.47 Å². The molecule has 0 spiro atoms. The maximum atomic E-state index is 13.1. The number of ether oxygens (including phenoxy) is 2. The Morgan fingerprint density at radius 3 is 2.36 bits per heavy atom. The highest BCUT2D eigenvalue weighted by Crippen LogP contribution is 2.37. The fourth-order valence-electron chi connectivity index (χ4n) is 2.13. The van der Waals surface area contributed by atoms with Crippen LogP contribution in [0.25, 0.3) is 0 Å². The second-order valence-electron chi connectivity index (χ2n) is 5.97. The Morgan fingerprint density at radius 2 is 1.82 bits per heavy atom. The lowest BCUT2D eigenvalue weighted by Crippen LogP contribution is -2.40. The Hall–Kier alpha value is -2.36. The van der Waals surface area contributed by atoms with Gasteiger partial charge in [-0.2, -0.15) is 4.90 Å². The van der Waals surface area contributed by atoms with E-state index in [0.717, 1.165) is 24.7 Å². The quantitative estimate of drug-likeness (QED) is 0.189. The van der Waals surface area contributed by atoms with Gasteiger partial charge >= 0.3 is 18.4 Å². The molecular formula is C18H24F4N2O4. The monoisotopic (exact) mass is 408 g/mol. The Balaban J connectivity index is 3.11. The Morgan fingerprint density at radius 1 is 1.14 bits per heavy atom. The molecule has 0 aromatic heterocycles. The van der Waals surface area contributed by atoms with E-state index < -0.39 is 34.8 Å². The van der Waals surface area contributed by atoms with Crippen molar-refractivity contribution < 1.29 is 36.6 Å². The molecule has 28 heavy (non-hydrogen) atoms. The van der Waals surface area contributed by atoms with E-state index in [1.165, 1.54) is 0 Å². The number of amides is 1. The highest BCUT2D eigenvalue weighted by molar-refractivity contribution is 5.94. The first-order valence-electron chi connectivity index (χ1n) is 8.80. The molecule has 1 aromatic carbocycles. The second kappa shape index (κ2) is 10.8. The number of hydrogen-bond donors (Lipinski definition) is 0. The van der Waals surface area contributed by atoms with Crippen molar-refractivity contribution in [2.24, 2.45) is 0 Å². The zero-order chi connectivity index (χ0) is 21.3. The van der Waals surface area contributed by atoms with Gasteiger partial charge in [0.05, 0.1) is 17.9 Å². The Kier molecular flexibility index (Phi) is 9.17. The minimum atomic E-state index is -5.29. The molecule has 1 aromatic rings. The standard InChI is InChI=1S/C18H24F4N2O4/c1-4-6-10-27-15-12-13(16(25)28-11-9-23(3)5-2)7-8-14(15)24(17(19)26)18(20,21)22/h7-8,12H,4-6,9-11H2,1-3H3. The van der Waals surface area contributed by atoms with Gasteiger partial charge in [-0.1, -0.05) is 20.3 Å². The number of esters is 1. The second-order valence-corrected chi connectivity index (χ2v) is 5.97. The minimum Gasteiger partial charge on any atom is -0.491 e. The molecule has 0 aliphatic rings. The number of nitrogens with zero attached hydrogens (tertiary/aromatic N) is 2. The van der Waals surface area contributed by atoms with E-state index in [1.807, 2.05) is 25.8 Å². The van der Waals surface area contributed by atoms with Gasteiger partial charge in [0, 0.05) is 6.54 Å². The zero-order valence-corrected chi connectivity index (χ0v) is 16.0. The summed E-state index contributed by atoms with van der Waals surface area (Å²) < 4.78 is 62.6. The smallest absolute Gasteiger partial charge is 0.491 e. The maximum Gasteiger partial charge on any atom is 0.493 e. The Bertz CT molecular complexity index is 667. The van der Waals surface area contributed by atoms with Crippen molar-refractivity contribution in [2.45, 2.75) is 33.0 Å². The van der Waals surface area contributed by atoms with E-state index in [0.29, 0.717) is 19.4 Å². The van der Waals surface area contributed by atoms with Gasteiger partial charge in [-0.05, 0) is 38.2 Å². The summed E-state index contributed by atoms with van der Waals surface area (Å²) in [7, 11) is 1.84. The lowest BCUT2D eigenvalue weighted by Gasteiger charge is -2.24. The van der Waals surface area contributed by atoms with Crippen LogP contribution in [0.5, 0.6) is 5.75 Å². The van der Waals surface area contributed by atoms with E-state index in [2.05, 4.69) is 0 Å². The van der Waals surface area contributed by atoms with Gasteiger partial charge in [0.2, 0.25) is 0 Å². The number of rotatable bonds is 10. The number of carbonyl (C=O) groups excluding carboxylic acids is 2. The molecule has 0 bridgehead atoms. The van der Waals surface area contributed by atoms with Crippen LogP contribution in [0.3, 0.4) is 0 Å². The molecule has 0 aliphatic heterocycles. The van der Waals surface area contributed by atoms with E-state index in [9.17, 15) is 27.2 Å². The lowest BCUT2D eigenvalue weighted by atomic mass is 10.1. The molecule has 10 heteroatoms. The summed E-state index contributed by atoms with van der Waals surface area (Å²) in [6.07, 6.45) is -6.77. The molecule has 1 amide bonds. The molecule has 0 N–H and O–H groups in total. The first-order valence-corrected chi connectivity index (χ1v) is 8.80. The number of anilines is 1. The number of carbonyl (C=O) groups is 2. The van der Waals surface area contributed by atoms with Crippen molar-refractivity contribution in [1.82, 2.24) is 4.90 Å². The molecule has 158 valence electrons. The average molecular weight is 408 g/mol. The molecule has 0 atom stereocenters. The van der Waals surface area contributed by atoms with Gasteiger partial charge in [-0.25, -0.2) is 9.59 Å². The van der Waals surface area contributed by atoms with Crippen molar-refractivity contribution in [2.75, 3.05) is 38.3 Å². The first-order chi connectivity index (χ1) is 13.1.